The van der Waals surface area contributed by atoms with Gasteiger partial charge in [-0.3, -0.25) is 4.70 Å². The number of halogens is 1. The molecule has 8 heavy (non-hydrogen) atoms. The summed E-state index contributed by atoms with van der Waals surface area (Å²) in [6.07, 6.45) is 0. The fourth-order valence-corrected chi connectivity index (χ4v) is 0.671. The zero-order valence-corrected chi connectivity index (χ0v) is 5.98. The molecular weight excluding hydrogens is 105 g/mol. The van der Waals surface area contributed by atoms with Crippen LogP contribution in [-0.4, -0.2) is 24.5 Å². The summed E-state index contributed by atoms with van der Waals surface area (Å²) >= 11 is 0. The zero-order chi connectivity index (χ0) is 5.70. The van der Waals surface area contributed by atoms with Crippen molar-refractivity contribution in [1.29, 1.82) is 0 Å². The highest BCUT2D eigenvalue weighted by atomic mass is 19.0. The van der Waals surface area contributed by atoms with E-state index in [1.165, 1.54) is 19.6 Å². The third-order valence-corrected chi connectivity index (χ3v) is 1.34. The molecule has 0 aliphatic rings. The minimum atomic E-state index is 0. The quantitative estimate of drug-likeness (QED) is 0.552. The maximum absolute atomic E-state index is 2.38. The van der Waals surface area contributed by atoms with Crippen molar-refractivity contribution in [2.24, 2.45) is 0 Å². The Kier molecular flexibility index (Phi) is 9.30. The van der Waals surface area contributed by atoms with E-state index >= 15 is 0 Å². The van der Waals surface area contributed by atoms with Crippen LogP contribution >= 0.6 is 0 Å². The lowest BCUT2D eigenvalue weighted by Gasteiger charge is -2.13. The summed E-state index contributed by atoms with van der Waals surface area (Å²) in [4.78, 5) is 2.38. The molecule has 0 fully saturated rings. The Morgan fingerprint density at radius 2 is 1.25 bits per heavy atom. The molecule has 54 valence electrons. The molecule has 0 unspecified atom stereocenters. The molecule has 0 saturated heterocycles. The van der Waals surface area contributed by atoms with E-state index in [0.29, 0.717) is 0 Å². The Balaban J connectivity index is -0.000000180. The lowest BCUT2D eigenvalue weighted by molar-refractivity contribution is 0.321. The summed E-state index contributed by atoms with van der Waals surface area (Å²) < 4.78 is 0. The fourth-order valence-electron chi connectivity index (χ4n) is 0.671. The first-order valence-corrected chi connectivity index (χ1v) is 3.07. The van der Waals surface area contributed by atoms with Gasteiger partial charge in [0.05, 0.1) is 0 Å². The molecule has 0 N–H and O–H groups in total. The Bertz CT molecular complexity index is 34.5. The van der Waals surface area contributed by atoms with Gasteiger partial charge in [-0.1, -0.05) is 20.8 Å². The van der Waals surface area contributed by atoms with Crippen LogP contribution in [-0.2, 0) is 0 Å². The standard InChI is InChI=1S/C6H15N.FH.H2/c1-4-7(5-2)6-3;;/h4-6H2,1-3H3;2*1H. The molecule has 0 radical (unpaired) electrons. The van der Waals surface area contributed by atoms with Gasteiger partial charge in [-0.2, -0.15) is 0 Å². The number of hydrogen-bond acceptors (Lipinski definition) is 1. The predicted octanol–water partition coefficient (Wildman–Crippen LogP) is 1.75. The van der Waals surface area contributed by atoms with Gasteiger partial charge in [0.1, 0.15) is 0 Å². The second kappa shape index (κ2) is 6.89. The van der Waals surface area contributed by atoms with Crippen LogP contribution in [0.25, 0.3) is 0 Å². The van der Waals surface area contributed by atoms with E-state index in [4.69, 9.17) is 0 Å². The molecule has 0 atom stereocenters. The van der Waals surface area contributed by atoms with Crippen molar-refractivity contribution in [3.8, 4) is 0 Å². The average molecular weight is 123 g/mol. The van der Waals surface area contributed by atoms with Crippen LogP contribution in [0.15, 0.2) is 0 Å². The van der Waals surface area contributed by atoms with Crippen LogP contribution in [0.5, 0.6) is 0 Å². The van der Waals surface area contributed by atoms with Gasteiger partial charge in [-0.25, -0.2) is 0 Å². The molecule has 0 spiro atoms. The Labute approximate surface area is 52.5 Å². The number of hydrogen-bond donors (Lipinski definition) is 0. The summed E-state index contributed by atoms with van der Waals surface area (Å²) in [5, 5.41) is 0. The van der Waals surface area contributed by atoms with Crippen molar-refractivity contribution < 1.29 is 6.13 Å². The molecule has 0 saturated carbocycles. The summed E-state index contributed by atoms with van der Waals surface area (Å²) in [6.45, 7) is 10.1. The molecule has 0 aromatic carbocycles. The molecule has 0 rings (SSSR count). The lowest BCUT2D eigenvalue weighted by atomic mass is 10.5. The maximum atomic E-state index is 2.38. The smallest absolute Gasteiger partial charge is 0 e. The van der Waals surface area contributed by atoms with E-state index in [0.717, 1.165) is 0 Å². The first kappa shape index (κ1) is 10.8. The van der Waals surface area contributed by atoms with Crippen LogP contribution in [0.1, 0.15) is 22.2 Å². The summed E-state index contributed by atoms with van der Waals surface area (Å²) in [5.74, 6) is 0. The van der Waals surface area contributed by atoms with Crippen LogP contribution in [0, 0.1) is 0 Å². The van der Waals surface area contributed by atoms with Crippen LogP contribution in [0.3, 0.4) is 0 Å². The largest absolute Gasteiger partial charge is 0.304 e. The number of nitrogens with zero attached hydrogens (tertiary/aromatic N) is 1. The molecule has 0 aliphatic carbocycles. The molecule has 0 aliphatic heterocycles. The third-order valence-electron chi connectivity index (χ3n) is 1.34. The van der Waals surface area contributed by atoms with Crippen molar-refractivity contribution in [1.82, 2.24) is 4.90 Å². The molecule has 2 heteroatoms. The molecular formula is C6H18FN. The third kappa shape index (κ3) is 4.06. The SMILES string of the molecule is CCN(CC)CC.F.[HH]. The van der Waals surface area contributed by atoms with Gasteiger partial charge in [-0.15, -0.1) is 0 Å². The highest BCUT2D eigenvalue weighted by Crippen LogP contribution is 1.81. The Morgan fingerprint density at radius 3 is 1.25 bits per heavy atom. The lowest BCUT2D eigenvalue weighted by Crippen LogP contribution is -2.21. The van der Waals surface area contributed by atoms with Gasteiger partial charge in [0.2, 0.25) is 0 Å². The average Bonchev–Trinajstić information content (AvgIpc) is 1.72. The second-order valence-electron chi connectivity index (χ2n) is 1.62. The molecule has 0 bridgehead atoms. The minimum Gasteiger partial charge on any atom is -0.304 e. The van der Waals surface area contributed by atoms with Crippen LogP contribution < -0.4 is 0 Å². The van der Waals surface area contributed by atoms with Gasteiger partial charge in [0, 0.05) is 1.43 Å². The number of rotatable bonds is 3. The van der Waals surface area contributed by atoms with Crippen LogP contribution in [0.2, 0.25) is 0 Å². The van der Waals surface area contributed by atoms with Gasteiger partial charge < -0.3 is 4.90 Å². The van der Waals surface area contributed by atoms with E-state index < -0.39 is 0 Å². The predicted molar refractivity (Wildman–Crippen MR) is 38.1 cm³/mol. The van der Waals surface area contributed by atoms with Crippen LogP contribution in [0.4, 0.5) is 4.70 Å². The summed E-state index contributed by atoms with van der Waals surface area (Å²) in [5.41, 5.74) is 0. The Hall–Kier alpha value is -0.110. The van der Waals surface area contributed by atoms with Gasteiger partial charge in [-0.05, 0) is 19.6 Å². The van der Waals surface area contributed by atoms with E-state index in [1.54, 1.807) is 0 Å². The van der Waals surface area contributed by atoms with Gasteiger partial charge in [0.15, 0.2) is 0 Å². The van der Waals surface area contributed by atoms with Crippen molar-refractivity contribution in [3.05, 3.63) is 0 Å². The maximum Gasteiger partial charge on any atom is 0 e. The van der Waals surface area contributed by atoms with Crippen molar-refractivity contribution in [2.45, 2.75) is 20.8 Å². The fraction of sp³-hybridized carbons (Fsp3) is 1.00. The highest BCUT2D eigenvalue weighted by molar-refractivity contribution is 4.43. The van der Waals surface area contributed by atoms with E-state index in [1.807, 2.05) is 0 Å². The van der Waals surface area contributed by atoms with Crippen molar-refractivity contribution in [3.63, 3.8) is 0 Å². The van der Waals surface area contributed by atoms with E-state index in [9.17, 15) is 0 Å². The molecule has 0 aromatic rings. The molecule has 1 nitrogen and oxygen atoms in total. The molecule has 0 aromatic heterocycles. The normalized spacial score (nSPS) is 9.00. The zero-order valence-electron chi connectivity index (χ0n) is 5.98. The van der Waals surface area contributed by atoms with Crippen molar-refractivity contribution in [2.75, 3.05) is 19.6 Å². The highest BCUT2D eigenvalue weighted by Gasteiger charge is 1.89. The topological polar surface area (TPSA) is 3.24 Å². The van der Waals surface area contributed by atoms with Gasteiger partial charge >= 0.3 is 0 Å². The second-order valence-corrected chi connectivity index (χ2v) is 1.62. The van der Waals surface area contributed by atoms with E-state index in [-0.39, 0.29) is 6.13 Å². The van der Waals surface area contributed by atoms with Gasteiger partial charge in [0.25, 0.3) is 0 Å². The Morgan fingerprint density at radius 1 is 1.00 bits per heavy atom. The molecule has 0 amide bonds. The summed E-state index contributed by atoms with van der Waals surface area (Å²) in [7, 11) is 0. The molecule has 0 heterocycles. The first-order valence-electron chi connectivity index (χ1n) is 3.07. The van der Waals surface area contributed by atoms with E-state index in [2.05, 4.69) is 25.7 Å². The monoisotopic (exact) mass is 123 g/mol. The minimum absolute atomic E-state index is 0. The van der Waals surface area contributed by atoms with Crippen molar-refractivity contribution >= 4 is 0 Å². The first-order chi connectivity index (χ1) is 3.35. The summed E-state index contributed by atoms with van der Waals surface area (Å²) in [6, 6.07) is 0.